The lowest BCUT2D eigenvalue weighted by molar-refractivity contribution is -0.124. The first-order chi connectivity index (χ1) is 13.4. The highest BCUT2D eigenvalue weighted by Gasteiger charge is 2.33. The Morgan fingerprint density at radius 3 is 2.52 bits per heavy atom. The molecule has 29 heavy (non-hydrogen) atoms. The number of carbonyl (C=O) groups excluding carboxylic acids is 1. The van der Waals surface area contributed by atoms with E-state index in [1.54, 1.807) is 24.3 Å². The van der Waals surface area contributed by atoms with Crippen LogP contribution < -0.4 is 11.5 Å². The number of halogens is 3. The van der Waals surface area contributed by atoms with Gasteiger partial charge in [-0.2, -0.15) is 13.2 Å². The summed E-state index contributed by atoms with van der Waals surface area (Å²) in [4.78, 5) is 13.8. The van der Waals surface area contributed by atoms with Crippen LogP contribution >= 0.6 is 0 Å². The standard InChI is InChI=1S/C18H23F3N4O3S/c19-18(20,21)16(24)9-15(23)17(26)25(10-13-3-1-2-4-14(13)22)7-5-12-6-8-29(27,28)11-12/h1-4,9,12,23H,5-8,10-11,22,24H2. The van der Waals surface area contributed by atoms with Crippen LogP contribution in [0.2, 0.25) is 0 Å². The van der Waals surface area contributed by atoms with Crippen molar-refractivity contribution in [1.82, 2.24) is 4.90 Å². The average molecular weight is 432 g/mol. The molecule has 1 heterocycles. The number of para-hydroxylation sites is 1. The summed E-state index contributed by atoms with van der Waals surface area (Å²) in [6.45, 7) is 0.0582. The molecule has 1 atom stereocenters. The molecular weight excluding hydrogens is 409 g/mol. The number of nitrogens with one attached hydrogen (secondary N) is 1. The number of nitrogens with two attached hydrogens (primary N) is 2. The normalized spacial score (nSPS) is 19.1. The molecule has 1 aliphatic rings. The highest BCUT2D eigenvalue weighted by molar-refractivity contribution is 7.91. The fourth-order valence-corrected chi connectivity index (χ4v) is 4.95. The summed E-state index contributed by atoms with van der Waals surface area (Å²) in [7, 11) is -3.09. The molecule has 0 spiro atoms. The van der Waals surface area contributed by atoms with E-state index in [9.17, 15) is 26.4 Å². The second kappa shape index (κ2) is 8.85. The van der Waals surface area contributed by atoms with Crippen molar-refractivity contribution in [2.45, 2.75) is 25.6 Å². The van der Waals surface area contributed by atoms with E-state index in [-0.39, 0.29) is 36.6 Å². The molecule has 1 aliphatic heterocycles. The Hall–Kier alpha value is -2.56. The lowest BCUT2D eigenvalue weighted by Gasteiger charge is -2.24. The van der Waals surface area contributed by atoms with Crippen LogP contribution in [-0.2, 0) is 21.2 Å². The number of alkyl halides is 3. The number of carbonyl (C=O) groups is 1. The number of benzene rings is 1. The van der Waals surface area contributed by atoms with Crippen molar-refractivity contribution in [3.05, 3.63) is 41.6 Å². The third-order valence-electron chi connectivity index (χ3n) is 4.70. The molecule has 7 nitrogen and oxygen atoms in total. The molecule has 1 aromatic carbocycles. The molecule has 0 bridgehead atoms. The molecule has 160 valence electrons. The minimum Gasteiger partial charge on any atom is -0.398 e. The van der Waals surface area contributed by atoms with Crippen LogP contribution in [0.25, 0.3) is 0 Å². The van der Waals surface area contributed by atoms with Gasteiger partial charge in [0.15, 0.2) is 9.84 Å². The molecule has 1 amide bonds. The Labute approximate surface area is 167 Å². The molecule has 11 heteroatoms. The minimum atomic E-state index is -4.85. The molecule has 1 aromatic rings. The van der Waals surface area contributed by atoms with Gasteiger partial charge in [0, 0.05) is 18.8 Å². The van der Waals surface area contributed by atoms with Crippen LogP contribution in [0.3, 0.4) is 0 Å². The second-order valence-electron chi connectivity index (χ2n) is 6.99. The van der Waals surface area contributed by atoms with E-state index in [1.807, 2.05) is 0 Å². The SMILES string of the molecule is N=C(C=C(N)C(F)(F)F)C(=O)N(CCC1CCS(=O)(=O)C1)Cc1ccccc1N. The van der Waals surface area contributed by atoms with Crippen LogP contribution in [-0.4, -0.2) is 49.2 Å². The lowest BCUT2D eigenvalue weighted by atomic mass is 10.0. The number of rotatable bonds is 7. The van der Waals surface area contributed by atoms with Gasteiger partial charge in [-0.1, -0.05) is 18.2 Å². The van der Waals surface area contributed by atoms with Gasteiger partial charge < -0.3 is 16.4 Å². The molecule has 0 aromatic heterocycles. The number of anilines is 1. The predicted octanol–water partition coefficient (Wildman–Crippen LogP) is 1.85. The van der Waals surface area contributed by atoms with E-state index in [0.29, 0.717) is 24.1 Å². The summed E-state index contributed by atoms with van der Waals surface area (Å²) >= 11 is 0. The van der Waals surface area contributed by atoms with E-state index in [1.165, 1.54) is 4.90 Å². The van der Waals surface area contributed by atoms with E-state index in [4.69, 9.17) is 16.9 Å². The second-order valence-corrected chi connectivity index (χ2v) is 9.22. The number of hydrogen-bond acceptors (Lipinski definition) is 6. The summed E-state index contributed by atoms with van der Waals surface area (Å²) in [6, 6.07) is 6.68. The maximum atomic E-state index is 12.6. The predicted molar refractivity (Wildman–Crippen MR) is 104 cm³/mol. The summed E-state index contributed by atoms with van der Waals surface area (Å²) < 4.78 is 61.1. The lowest BCUT2D eigenvalue weighted by Crippen LogP contribution is -2.37. The van der Waals surface area contributed by atoms with Crippen molar-refractivity contribution in [3.8, 4) is 0 Å². The number of nitrogens with zero attached hydrogens (tertiary/aromatic N) is 1. The Morgan fingerprint density at radius 2 is 1.97 bits per heavy atom. The summed E-state index contributed by atoms with van der Waals surface area (Å²) in [5, 5.41) is 7.73. The fourth-order valence-electron chi connectivity index (χ4n) is 3.04. The highest BCUT2D eigenvalue weighted by Crippen LogP contribution is 2.24. The monoisotopic (exact) mass is 432 g/mol. The minimum absolute atomic E-state index is 0.0148. The molecule has 5 N–H and O–H groups in total. The van der Waals surface area contributed by atoms with Gasteiger partial charge in [0.1, 0.15) is 11.4 Å². The molecule has 1 unspecified atom stereocenters. The first-order valence-corrected chi connectivity index (χ1v) is 10.7. The quantitative estimate of drug-likeness (QED) is 0.447. The first kappa shape index (κ1) is 22.7. The van der Waals surface area contributed by atoms with Crippen LogP contribution in [0.4, 0.5) is 18.9 Å². The average Bonchev–Trinajstić information content (AvgIpc) is 2.97. The van der Waals surface area contributed by atoms with Crippen molar-refractivity contribution < 1.29 is 26.4 Å². The maximum absolute atomic E-state index is 12.6. The van der Waals surface area contributed by atoms with Gasteiger partial charge >= 0.3 is 6.18 Å². The smallest absolute Gasteiger partial charge is 0.398 e. The number of allylic oxidation sites excluding steroid dienone is 1. The van der Waals surface area contributed by atoms with Gasteiger partial charge in [-0.3, -0.25) is 10.2 Å². The zero-order chi connectivity index (χ0) is 21.8. The maximum Gasteiger partial charge on any atom is 0.430 e. The number of nitrogen functional groups attached to an aromatic ring is 1. The van der Waals surface area contributed by atoms with Crippen LogP contribution in [0.1, 0.15) is 18.4 Å². The molecule has 0 radical (unpaired) electrons. The fraction of sp³-hybridized carbons (Fsp3) is 0.444. The molecule has 2 rings (SSSR count). The van der Waals surface area contributed by atoms with Gasteiger partial charge in [0.05, 0.1) is 11.5 Å². The van der Waals surface area contributed by atoms with E-state index >= 15 is 0 Å². The van der Waals surface area contributed by atoms with E-state index < -0.39 is 33.3 Å². The van der Waals surface area contributed by atoms with Crippen LogP contribution in [0.5, 0.6) is 0 Å². The largest absolute Gasteiger partial charge is 0.430 e. The number of amides is 1. The Bertz CT molecular complexity index is 913. The van der Waals surface area contributed by atoms with Gasteiger partial charge in [-0.05, 0) is 36.5 Å². The summed E-state index contributed by atoms with van der Waals surface area (Å²) in [5.41, 5.74) is 9.30. The van der Waals surface area contributed by atoms with Crippen LogP contribution in [0.15, 0.2) is 36.0 Å². The third-order valence-corrected chi connectivity index (χ3v) is 6.53. The van der Waals surface area contributed by atoms with Gasteiger partial charge in [-0.15, -0.1) is 0 Å². The van der Waals surface area contributed by atoms with Crippen molar-refractivity contribution >= 4 is 27.1 Å². The van der Waals surface area contributed by atoms with Gasteiger partial charge in [-0.25, -0.2) is 8.42 Å². The topological polar surface area (TPSA) is 130 Å². The Morgan fingerprint density at radius 1 is 1.31 bits per heavy atom. The number of hydrogen-bond donors (Lipinski definition) is 3. The van der Waals surface area contributed by atoms with Crippen molar-refractivity contribution in [2.24, 2.45) is 11.7 Å². The van der Waals surface area contributed by atoms with E-state index in [0.717, 1.165) is 0 Å². The Kier molecular flexibility index (Phi) is 6.93. The zero-order valence-corrected chi connectivity index (χ0v) is 16.4. The number of sulfone groups is 1. The van der Waals surface area contributed by atoms with Gasteiger partial charge in [0.2, 0.25) is 0 Å². The molecular formula is C18H23F3N4O3S. The zero-order valence-electron chi connectivity index (χ0n) is 15.6. The van der Waals surface area contributed by atoms with Gasteiger partial charge in [0.25, 0.3) is 5.91 Å². The third kappa shape index (κ3) is 6.48. The van der Waals surface area contributed by atoms with Crippen molar-refractivity contribution in [2.75, 3.05) is 23.8 Å². The van der Waals surface area contributed by atoms with Crippen molar-refractivity contribution in [1.29, 1.82) is 5.41 Å². The van der Waals surface area contributed by atoms with Crippen molar-refractivity contribution in [3.63, 3.8) is 0 Å². The molecule has 1 saturated heterocycles. The summed E-state index contributed by atoms with van der Waals surface area (Å²) in [5.74, 6) is -0.992. The van der Waals surface area contributed by atoms with Crippen LogP contribution in [0, 0.1) is 11.3 Å². The summed E-state index contributed by atoms with van der Waals surface area (Å²) in [6.07, 6.45) is -3.75. The highest BCUT2D eigenvalue weighted by atomic mass is 32.2. The Balaban J connectivity index is 2.18. The molecule has 0 saturated carbocycles. The van der Waals surface area contributed by atoms with E-state index in [2.05, 4.69) is 0 Å². The molecule has 0 aliphatic carbocycles. The first-order valence-electron chi connectivity index (χ1n) is 8.85. The molecule has 1 fully saturated rings.